The van der Waals surface area contributed by atoms with Gasteiger partial charge in [-0.25, -0.2) is 29.0 Å². The van der Waals surface area contributed by atoms with Crippen molar-refractivity contribution in [2.45, 2.75) is 69.5 Å². The van der Waals surface area contributed by atoms with E-state index in [0.717, 1.165) is 113 Å². The molecule has 4 unspecified atom stereocenters. The van der Waals surface area contributed by atoms with Crippen LogP contribution in [0.25, 0.3) is 33.3 Å². The summed E-state index contributed by atoms with van der Waals surface area (Å²) in [7, 11) is -5.01. The Balaban J connectivity index is 0.000000168. The number of nitrogens with two attached hydrogens (primary N) is 1. The third-order valence-corrected chi connectivity index (χ3v) is 14.4. The standard InChI is InChI=1S/C30H30N8O.C25H22BrN7O/c1-30(2,32)9-8-20-10-26(29-23(12-31)15-35-38(29)17-20)22-5-6-27(33-14-22)36-18-24-11-25(19-36)37(24)16-21-4-7-28(39-3)34-13-21;1-34-24-5-2-16(9-29-24)12-32-20-7-21(32)15-31(14-20)23-4-3-17(10-28-23)22-6-19(26)13-33-25(22)18(8-27)11-30-33/h4-7,10,13-15,17,24-25H,11,16,18-19,32H2,1-3H3;2-6,9-11,13,20-21H,7,12,14-15H2,1H3/i3D3;1D3. The van der Waals surface area contributed by atoms with Crippen molar-refractivity contribution in [2.75, 3.05) is 50.1 Å². The van der Waals surface area contributed by atoms with E-state index in [-0.39, 0.29) is 11.8 Å². The van der Waals surface area contributed by atoms with Gasteiger partial charge in [-0.1, -0.05) is 24.0 Å². The van der Waals surface area contributed by atoms with E-state index in [1.54, 1.807) is 52.1 Å². The van der Waals surface area contributed by atoms with E-state index >= 15 is 0 Å². The summed E-state index contributed by atoms with van der Waals surface area (Å²) in [6, 6.07) is 25.1. The van der Waals surface area contributed by atoms with Crippen LogP contribution in [0.5, 0.6) is 11.8 Å². The lowest BCUT2D eigenvalue weighted by Gasteiger charge is -2.56. The van der Waals surface area contributed by atoms with Gasteiger partial charge in [-0.3, -0.25) is 9.80 Å². The van der Waals surface area contributed by atoms with Gasteiger partial charge in [0.25, 0.3) is 0 Å². The zero-order valence-corrected chi connectivity index (χ0v) is 41.5. The highest BCUT2D eigenvalue weighted by atomic mass is 79.9. The minimum absolute atomic E-state index is 0.0974. The maximum atomic E-state index is 9.68. The van der Waals surface area contributed by atoms with Crippen molar-refractivity contribution >= 4 is 38.6 Å². The summed E-state index contributed by atoms with van der Waals surface area (Å²) >= 11 is 3.53. The first-order valence-electron chi connectivity index (χ1n) is 26.8. The number of hydrogen-bond donors (Lipinski definition) is 1. The first-order valence-corrected chi connectivity index (χ1v) is 24.5. The van der Waals surface area contributed by atoms with Crippen LogP contribution < -0.4 is 25.0 Å². The van der Waals surface area contributed by atoms with Gasteiger partial charge in [0.2, 0.25) is 11.8 Å². The monoisotopic (exact) mass is 1040 g/mol. The maximum Gasteiger partial charge on any atom is 0.212 e. The Morgan fingerprint density at radius 1 is 0.658 bits per heavy atom. The first-order chi connectivity index (χ1) is 37.7. The number of pyridine rings is 6. The second-order valence-corrected chi connectivity index (χ2v) is 20.3. The lowest BCUT2D eigenvalue weighted by Crippen LogP contribution is -2.68. The van der Waals surface area contributed by atoms with Gasteiger partial charge in [0.15, 0.2) is 0 Å². The number of rotatable bonds is 10. The molecule has 6 fully saturated rings. The second kappa shape index (κ2) is 19.6. The molecule has 73 heavy (non-hydrogen) atoms. The molecule has 18 heteroatoms. The Labute approximate surface area is 440 Å². The molecule has 0 amide bonds. The summed E-state index contributed by atoms with van der Waals surface area (Å²) in [4.78, 5) is 27.4. The van der Waals surface area contributed by atoms with Crippen LogP contribution in [0, 0.1) is 34.5 Å². The van der Waals surface area contributed by atoms with E-state index in [2.05, 4.69) is 79.7 Å². The summed E-state index contributed by atoms with van der Waals surface area (Å²) in [6.45, 7) is 8.72. The zero-order valence-electron chi connectivity index (χ0n) is 45.9. The number of anilines is 2. The lowest BCUT2D eigenvalue weighted by molar-refractivity contribution is -0.00879. The van der Waals surface area contributed by atoms with Crippen LogP contribution in [-0.4, -0.2) is 119 Å². The Bertz CT molecular complexity index is 3690. The summed E-state index contributed by atoms with van der Waals surface area (Å²) in [5.41, 5.74) is 14.2. The molecule has 0 aromatic carbocycles. The number of nitrogens with zero attached hydrogens (tertiary/aromatic N) is 14. The third-order valence-electron chi connectivity index (χ3n) is 13.9. The van der Waals surface area contributed by atoms with E-state index in [4.69, 9.17) is 33.4 Å². The third kappa shape index (κ3) is 9.64. The molecule has 0 spiro atoms. The van der Waals surface area contributed by atoms with Crippen LogP contribution >= 0.6 is 15.9 Å². The van der Waals surface area contributed by atoms with Gasteiger partial charge in [0.1, 0.15) is 23.8 Å². The molecular formula is C55H52BrN15O2. The van der Waals surface area contributed by atoms with Gasteiger partial charge in [-0.15, -0.1) is 0 Å². The van der Waals surface area contributed by atoms with Gasteiger partial charge >= 0.3 is 0 Å². The van der Waals surface area contributed by atoms with Crippen molar-refractivity contribution in [3.05, 3.63) is 143 Å². The van der Waals surface area contributed by atoms with Gasteiger partial charge in [-0.2, -0.15) is 20.7 Å². The van der Waals surface area contributed by atoms with E-state index in [9.17, 15) is 10.5 Å². The number of piperidine rings is 2. The molecule has 14 heterocycles. The highest BCUT2D eigenvalue weighted by Crippen LogP contribution is 2.38. The quantitative estimate of drug-likeness (QED) is 0.136. The van der Waals surface area contributed by atoms with E-state index in [1.165, 1.54) is 0 Å². The average Bonchev–Trinajstić information content (AvgIpc) is 4.09. The molecule has 14 rings (SSSR count). The molecule has 4 bridgehead atoms. The minimum Gasteiger partial charge on any atom is -0.481 e. The fourth-order valence-electron chi connectivity index (χ4n) is 10.4. The van der Waals surface area contributed by atoms with Crippen LogP contribution in [-0.2, 0) is 13.1 Å². The number of aromatic nitrogens is 8. The summed E-state index contributed by atoms with van der Waals surface area (Å²) in [5, 5.41) is 27.9. The van der Waals surface area contributed by atoms with Gasteiger partial charge in [0.05, 0.1) is 62.4 Å². The summed E-state index contributed by atoms with van der Waals surface area (Å²) < 4.78 is 57.2. The number of halogens is 1. The smallest absolute Gasteiger partial charge is 0.212 e. The maximum absolute atomic E-state index is 9.68. The minimum atomic E-state index is -2.51. The molecule has 0 aliphatic carbocycles. The summed E-state index contributed by atoms with van der Waals surface area (Å²) in [5.74, 6) is 8.24. The average molecular weight is 1040 g/mol. The van der Waals surface area contributed by atoms with Crippen molar-refractivity contribution < 1.29 is 17.7 Å². The van der Waals surface area contributed by atoms with E-state index < -0.39 is 19.6 Å². The van der Waals surface area contributed by atoms with Crippen LogP contribution in [0.4, 0.5) is 11.6 Å². The topological polar surface area (TPSA) is 191 Å². The predicted octanol–water partition coefficient (Wildman–Crippen LogP) is 7.12. The number of nitriles is 2. The number of piperazine rings is 2. The van der Waals surface area contributed by atoms with Crippen molar-refractivity contribution in [1.82, 2.24) is 49.0 Å². The van der Waals surface area contributed by atoms with E-state index in [0.29, 0.717) is 40.8 Å². The van der Waals surface area contributed by atoms with Crippen molar-refractivity contribution in [3.63, 3.8) is 0 Å². The van der Waals surface area contributed by atoms with Crippen LogP contribution in [0.3, 0.4) is 0 Å². The Hall–Kier alpha value is -7.92. The molecular weight excluding hydrogens is 983 g/mol. The number of methoxy groups -OCH3 is 2. The number of ether oxygens (including phenoxy) is 2. The second-order valence-electron chi connectivity index (χ2n) is 19.4. The van der Waals surface area contributed by atoms with Gasteiger partial charge < -0.3 is 25.0 Å². The number of fused-ring (bicyclic) bond motifs is 6. The zero-order chi connectivity index (χ0) is 55.4. The van der Waals surface area contributed by atoms with Crippen molar-refractivity contribution in [1.29, 1.82) is 10.5 Å². The SMILES string of the molecule is [2H]C([2H])([2H])Oc1ccc(CN2C3CC2CN(c2ccc(-c4cc(Br)cn5ncc(C#N)c45)cn2)C3)cn1.[2H]C([2H])([2H])Oc1ccc(CN2C3CC2CN(c2ccc(-c4cc(C#CC(C)(C)N)cn5ncc(C#N)c45)cn2)C3)cn1. The van der Waals surface area contributed by atoms with Crippen molar-refractivity contribution in [2.24, 2.45) is 5.73 Å². The lowest BCUT2D eigenvalue weighted by atomic mass is 9.87. The molecule has 0 saturated carbocycles. The van der Waals surface area contributed by atoms with Gasteiger partial charge in [0, 0.05) is 145 Å². The van der Waals surface area contributed by atoms with Crippen LogP contribution in [0.1, 0.15) is 62.7 Å². The van der Waals surface area contributed by atoms with Crippen LogP contribution in [0.15, 0.2) is 115 Å². The molecule has 17 nitrogen and oxygen atoms in total. The first kappa shape index (κ1) is 40.7. The highest BCUT2D eigenvalue weighted by molar-refractivity contribution is 9.10. The Morgan fingerprint density at radius 2 is 1.15 bits per heavy atom. The fourth-order valence-corrected chi connectivity index (χ4v) is 10.8. The molecule has 4 atom stereocenters. The van der Waals surface area contributed by atoms with Gasteiger partial charge in [-0.05, 0) is 90.1 Å². The largest absolute Gasteiger partial charge is 0.481 e. The molecule has 6 aliphatic rings. The number of hydrogen-bond acceptors (Lipinski definition) is 15. The molecule has 6 saturated heterocycles. The normalized spacial score (nSPS) is 20.7. The van der Waals surface area contributed by atoms with E-state index in [1.807, 2.05) is 81.0 Å². The molecule has 0 radical (unpaired) electrons. The molecule has 2 N–H and O–H groups in total. The predicted molar refractivity (Wildman–Crippen MR) is 281 cm³/mol. The molecule has 8 aromatic heterocycles. The summed E-state index contributed by atoms with van der Waals surface area (Å²) in [6.07, 6.45) is 16.1. The Kier molecular flexibility index (Phi) is 10.9. The van der Waals surface area contributed by atoms with Crippen molar-refractivity contribution in [3.8, 4) is 58.0 Å². The Morgan fingerprint density at radius 3 is 1.58 bits per heavy atom. The molecule has 8 aromatic rings. The molecule has 366 valence electrons. The fraction of sp³-hybridized carbons (Fsp3) is 0.309. The molecule has 6 aliphatic heterocycles. The highest BCUT2D eigenvalue weighted by Gasteiger charge is 2.46. The van der Waals surface area contributed by atoms with Crippen LogP contribution in [0.2, 0.25) is 0 Å².